The Balaban J connectivity index is 2.33. The molecule has 0 aromatic heterocycles. The Morgan fingerprint density at radius 1 is 1.71 bits per heavy atom. The Kier molecular flexibility index (Phi) is 1.76. The van der Waals surface area contributed by atoms with Gasteiger partial charge in [0.1, 0.15) is 0 Å². The van der Waals surface area contributed by atoms with Gasteiger partial charge in [0, 0.05) is 0 Å². The number of hydrogen-bond donors (Lipinski definition) is 0. The van der Waals surface area contributed by atoms with Crippen LogP contribution in [0.4, 0.5) is 0 Å². The second-order valence-corrected chi connectivity index (χ2v) is 6.08. The van der Waals surface area contributed by atoms with Crippen LogP contribution in [-0.2, 0) is 0 Å². The van der Waals surface area contributed by atoms with E-state index < -0.39 is 0 Å². The topological polar surface area (TPSA) is 0 Å². The molecule has 0 spiro atoms. The lowest BCUT2D eigenvalue weighted by Crippen LogP contribution is -2.00. The maximum atomic E-state index is 5.96. The molecule has 1 fully saturated rings. The highest BCUT2D eigenvalue weighted by molar-refractivity contribution is 7.08. The van der Waals surface area contributed by atoms with Gasteiger partial charge in [-0.1, -0.05) is 19.8 Å². The third-order valence-corrected chi connectivity index (χ3v) is 5.46. The molecule has 1 unspecified atom stereocenters. The first kappa shape index (κ1) is 5.64. The molecule has 42 valence electrons. The third-order valence-electron chi connectivity index (χ3n) is 1.59. The summed E-state index contributed by atoms with van der Waals surface area (Å²) >= 11 is 5.96. The lowest BCUT2D eigenvalue weighted by atomic mass is 10.3. The zero-order valence-corrected chi connectivity index (χ0v) is 6.33. The van der Waals surface area contributed by atoms with Crippen LogP contribution >= 0.6 is 11.1 Å². The molecule has 1 aliphatic rings. The summed E-state index contributed by atoms with van der Waals surface area (Å²) in [6.45, 7) is 2.27. The standard InChI is InChI=1S/C5H10ClSi/c1-5-3-2-4-7(5)6/h5H,2-4H2,1H3/q-1. The Labute approximate surface area is 51.2 Å². The lowest BCUT2D eigenvalue weighted by molar-refractivity contribution is 0.820. The molecule has 0 nitrogen and oxygen atoms in total. The summed E-state index contributed by atoms with van der Waals surface area (Å²) in [6, 6.07) is 1.34. The molecule has 1 rings (SSSR count). The van der Waals surface area contributed by atoms with Crippen LogP contribution in [-0.4, -0.2) is 8.11 Å². The highest BCUT2D eigenvalue weighted by Gasteiger charge is 2.07. The summed E-state index contributed by atoms with van der Waals surface area (Å²) in [5.74, 6) is 0. The van der Waals surface area contributed by atoms with Gasteiger partial charge >= 0.3 is 0 Å². The molecule has 0 bridgehead atoms. The summed E-state index contributed by atoms with van der Waals surface area (Å²) in [6.07, 6.45) is 2.77. The normalized spacial score (nSPS) is 34.3. The predicted molar refractivity (Wildman–Crippen MR) is 35.1 cm³/mol. The molecule has 0 aromatic rings. The molecule has 0 radical (unpaired) electrons. The Hall–Kier alpha value is 0.507. The Morgan fingerprint density at radius 2 is 2.43 bits per heavy atom. The van der Waals surface area contributed by atoms with Crippen LogP contribution in [0, 0.1) is 0 Å². The lowest BCUT2D eigenvalue weighted by Gasteiger charge is -2.17. The second-order valence-electron chi connectivity index (χ2n) is 2.24. The number of halogens is 1. The molecule has 2 heteroatoms. The van der Waals surface area contributed by atoms with E-state index >= 15 is 0 Å². The van der Waals surface area contributed by atoms with Gasteiger partial charge in [0.25, 0.3) is 0 Å². The molecular formula is C5H10ClSi-. The smallest absolute Gasteiger partial charge is 0.0825 e. The van der Waals surface area contributed by atoms with E-state index in [1.54, 1.807) is 0 Å². The molecule has 1 aliphatic heterocycles. The Bertz CT molecular complexity index is 57.1. The van der Waals surface area contributed by atoms with E-state index in [9.17, 15) is 0 Å². The molecule has 0 aromatic carbocycles. The van der Waals surface area contributed by atoms with Gasteiger partial charge < -0.3 is 11.1 Å². The average molecular weight is 134 g/mol. The van der Waals surface area contributed by atoms with Crippen molar-refractivity contribution in [2.24, 2.45) is 0 Å². The van der Waals surface area contributed by atoms with Gasteiger partial charge in [0.2, 0.25) is 0 Å². The minimum Gasteiger partial charge on any atom is -0.390 e. The van der Waals surface area contributed by atoms with Crippen molar-refractivity contribution in [1.29, 1.82) is 0 Å². The second kappa shape index (κ2) is 2.18. The molecule has 0 saturated carbocycles. The fraction of sp³-hybridized carbons (Fsp3) is 1.00. The van der Waals surface area contributed by atoms with Crippen LogP contribution in [0.5, 0.6) is 0 Å². The Morgan fingerprint density at radius 3 is 2.57 bits per heavy atom. The van der Waals surface area contributed by atoms with Gasteiger partial charge in [-0.25, -0.2) is 0 Å². The van der Waals surface area contributed by atoms with Crippen molar-refractivity contribution in [2.75, 3.05) is 0 Å². The van der Waals surface area contributed by atoms with Crippen LogP contribution in [0.15, 0.2) is 0 Å². The zero-order valence-electron chi connectivity index (χ0n) is 4.58. The van der Waals surface area contributed by atoms with Crippen LogP contribution in [0.25, 0.3) is 0 Å². The van der Waals surface area contributed by atoms with Gasteiger partial charge in [-0.3, -0.25) is 0 Å². The molecule has 1 heterocycles. The molecule has 7 heavy (non-hydrogen) atoms. The van der Waals surface area contributed by atoms with Crippen molar-refractivity contribution in [3.05, 3.63) is 0 Å². The van der Waals surface area contributed by atoms with E-state index in [0.29, 0.717) is 0 Å². The van der Waals surface area contributed by atoms with E-state index in [4.69, 9.17) is 11.1 Å². The minimum atomic E-state index is -0.363. The molecule has 1 atom stereocenters. The van der Waals surface area contributed by atoms with Crippen molar-refractivity contribution in [3.8, 4) is 0 Å². The predicted octanol–water partition coefficient (Wildman–Crippen LogP) is 2.40. The molecule has 0 N–H and O–H groups in total. The summed E-state index contributed by atoms with van der Waals surface area (Å²) in [5.41, 5.74) is 0.881. The van der Waals surface area contributed by atoms with E-state index in [1.165, 1.54) is 18.9 Å². The molecule has 0 aliphatic carbocycles. The van der Waals surface area contributed by atoms with Crippen molar-refractivity contribution in [3.63, 3.8) is 0 Å². The summed E-state index contributed by atoms with van der Waals surface area (Å²) in [5, 5.41) is 0. The SMILES string of the molecule is CC1CCC[Si-]1Cl. The van der Waals surface area contributed by atoms with E-state index in [2.05, 4.69) is 6.92 Å². The van der Waals surface area contributed by atoms with Crippen LogP contribution < -0.4 is 0 Å². The fourth-order valence-corrected chi connectivity index (χ4v) is 3.26. The quantitative estimate of drug-likeness (QED) is 0.352. The van der Waals surface area contributed by atoms with E-state index in [1.807, 2.05) is 0 Å². The molecular weight excluding hydrogens is 124 g/mol. The van der Waals surface area contributed by atoms with E-state index in [-0.39, 0.29) is 8.11 Å². The van der Waals surface area contributed by atoms with Gasteiger partial charge in [0.05, 0.1) is 0 Å². The first-order valence-electron chi connectivity index (χ1n) is 2.82. The van der Waals surface area contributed by atoms with Crippen LogP contribution in [0.3, 0.4) is 0 Å². The van der Waals surface area contributed by atoms with Crippen molar-refractivity contribution in [2.45, 2.75) is 31.4 Å². The average Bonchev–Trinajstić information content (AvgIpc) is 1.91. The van der Waals surface area contributed by atoms with E-state index in [0.717, 1.165) is 5.54 Å². The summed E-state index contributed by atoms with van der Waals surface area (Å²) < 4.78 is 0. The van der Waals surface area contributed by atoms with Gasteiger partial charge in [0.15, 0.2) is 0 Å². The van der Waals surface area contributed by atoms with Crippen LogP contribution in [0.2, 0.25) is 11.6 Å². The number of hydrogen-bond acceptors (Lipinski definition) is 0. The van der Waals surface area contributed by atoms with Crippen molar-refractivity contribution in [1.82, 2.24) is 0 Å². The maximum Gasteiger partial charge on any atom is -0.0825 e. The van der Waals surface area contributed by atoms with Gasteiger partial charge in [-0.2, -0.15) is 19.7 Å². The first-order valence-corrected chi connectivity index (χ1v) is 5.61. The highest BCUT2D eigenvalue weighted by atomic mass is 35.6. The minimum absolute atomic E-state index is 0.363. The van der Waals surface area contributed by atoms with Crippen molar-refractivity contribution < 1.29 is 0 Å². The van der Waals surface area contributed by atoms with Gasteiger partial charge in [-0.05, 0) is 0 Å². The third kappa shape index (κ3) is 1.20. The van der Waals surface area contributed by atoms with Gasteiger partial charge in [-0.15, -0.1) is 0 Å². The highest BCUT2D eigenvalue weighted by Crippen LogP contribution is 2.31. The van der Waals surface area contributed by atoms with Crippen LogP contribution in [0.1, 0.15) is 19.8 Å². The molecule has 1 saturated heterocycles. The number of rotatable bonds is 0. The fourth-order valence-electron chi connectivity index (χ4n) is 0.980. The monoisotopic (exact) mass is 133 g/mol. The summed E-state index contributed by atoms with van der Waals surface area (Å²) in [7, 11) is -0.363. The van der Waals surface area contributed by atoms with Crippen molar-refractivity contribution >= 4 is 19.2 Å². The maximum absolute atomic E-state index is 5.96. The first-order chi connectivity index (χ1) is 3.30. The zero-order chi connectivity index (χ0) is 5.28. The summed E-state index contributed by atoms with van der Waals surface area (Å²) in [4.78, 5) is 0. The largest absolute Gasteiger partial charge is 0.390 e. The molecule has 0 amide bonds.